The number of allylic oxidation sites excluding steroid dienone is 1. The lowest BCUT2D eigenvalue weighted by molar-refractivity contribution is -0.119. The predicted molar refractivity (Wildman–Crippen MR) is 165 cm³/mol. The molecule has 0 bridgehead atoms. The maximum Gasteiger partial charge on any atom is 0.244 e. The van der Waals surface area contributed by atoms with E-state index in [1.165, 1.54) is 24.6 Å². The monoisotopic (exact) mass is 576 g/mol. The second kappa shape index (κ2) is 14.4. The van der Waals surface area contributed by atoms with Crippen LogP contribution in [0.5, 0.6) is 0 Å². The number of carbonyl (C=O) groups is 3. The maximum absolute atomic E-state index is 12.9. The minimum Gasteiger partial charge on any atom is -0.368 e. The SMILES string of the molecule is CC(=O)NCCNc1cc(NCCNC(=O)C=CC(=O)c2c(C)c(C)c(C)c(C)c2C)nc(-c2ccc(Cl)cc2)n1. The molecule has 3 aromatic rings. The average Bonchev–Trinajstić information content (AvgIpc) is 2.94. The summed E-state index contributed by atoms with van der Waals surface area (Å²) >= 11 is 6.03. The van der Waals surface area contributed by atoms with E-state index >= 15 is 0 Å². The van der Waals surface area contributed by atoms with Crippen molar-refractivity contribution in [3.8, 4) is 11.4 Å². The van der Waals surface area contributed by atoms with Gasteiger partial charge in [0.15, 0.2) is 11.6 Å². The zero-order chi connectivity index (χ0) is 30.1. The fraction of sp³-hybridized carbons (Fsp3) is 0.323. The second-order valence-corrected chi connectivity index (χ2v) is 10.2. The van der Waals surface area contributed by atoms with E-state index in [0.717, 1.165) is 27.8 Å². The largest absolute Gasteiger partial charge is 0.368 e. The summed E-state index contributed by atoms with van der Waals surface area (Å²) in [4.78, 5) is 45.6. The smallest absolute Gasteiger partial charge is 0.244 e. The van der Waals surface area contributed by atoms with Crippen LogP contribution in [0, 0.1) is 34.6 Å². The second-order valence-electron chi connectivity index (χ2n) is 9.79. The fourth-order valence-corrected chi connectivity index (χ4v) is 4.45. The molecule has 0 unspecified atom stereocenters. The van der Waals surface area contributed by atoms with Crippen molar-refractivity contribution in [3.63, 3.8) is 0 Å². The van der Waals surface area contributed by atoms with Crippen LogP contribution in [0.2, 0.25) is 5.02 Å². The summed E-state index contributed by atoms with van der Waals surface area (Å²) in [5.41, 5.74) is 6.69. The van der Waals surface area contributed by atoms with Crippen molar-refractivity contribution in [2.45, 2.75) is 41.5 Å². The first-order valence-corrected chi connectivity index (χ1v) is 13.8. The highest BCUT2D eigenvalue weighted by atomic mass is 35.5. The highest BCUT2D eigenvalue weighted by molar-refractivity contribution is 6.30. The average molecular weight is 577 g/mol. The summed E-state index contributed by atoms with van der Waals surface area (Å²) in [6, 6.07) is 8.95. The van der Waals surface area contributed by atoms with E-state index in [1.54, 1.807) is 18.2 Å². The van der Waals surface area contributed by atoms with Gasteiger partial charge in [0.1, 0.15) is 11.6 Å². The van der Waals surface area contributed by atoms with E-state index in [2.05, 4.69) is 38.2 Å². The zero-order valence-corrected chi connectivity index (χ0v) is 25.1. The molecular weight excluding hydrogens is 540 g/mol. The summed E-state index contributed by atoms with van der Waals surface area (Å²) in [6.07, 6.45) is 2.60. The number of rotatable bonds is 12. The number of ketones is 1. The first-order valence-electron chi connectivity index (χ1n) is 13.4. The van der Waals surface area contributed by atoms with Gasteiger partial charge in [0.05, 0.1) is 0 Å². The lowest BCUT2D eigenvalue weighted by Gasteiger charge is -2.16. The van der Waals surface area contributed by atoms with Gasteiger partial charge >= 0.3 is 0 Å². The van der Waals surface area contributed by atoms with Crippen LogP contribution < -0.4 is 21.3 Å². The molecule has 0 aliphatic rings. The van der Waals surface area contributed by atoms with Gasteiger partial charge in [-0.05, 0) is 92.8 Å². The van der Waals surface area contributed by atoms with Gasteiger partial charge in [0.2, 0.25) is 11.8 Å². The molecule has 0 atom stereocenters. The molecule has 4 N–H and O–H groups in total. The summed E-state index contributed by atoms with van der Waals surface area (Å²) in [5, 5.41) is 12.5. The van der Waals surface area contributed by atoms with Crippen LogP contribution in [-0.4, -0.2) is 53.7 Å². The van der Waals surface area contributed by atoms with E-state index in [0.29, 0.717) is 54.2 Å². The molecule has 1 aromatic heterocycles. The number of aromatic nitrogens is 2. The molecule has 0 aliphatic carbocycles. The molecule has 9 nitrogen and oxygen atoms in total. The van der Waals surface area contributed by atoms with Gasteiger partial charge in [0.25, 0.3) is 0 Å². The molecule has 2 aromatic carbocycles. The summed E-state index contributed by atoms with van der Waals surface area (Å²) in [7, 11) is 0. The highest BCUT2D eigenvalue weighted by Crippen LogP contribution is 2.26. The predicted octanol–water partition coefficient (Wildman–Crippen LogP) is 4.85. The number of carbonyl (C=O) groups excluding carboxylic acids is 3. The van der Waals surface area contributed by atoms with E-state index in [9.17, 15) is 14.4 Å². The molecule has 3 rings (SSSR count). The Morgan fingerprint density at radius 2 is 1.24 bits per heavy atom. The molecule has 0 saturated heterocycles. The third-order valence-corrected chi connectivity index (χ3v) is 7.25. The van der Waals surface area contributed by atoms with E-state index in [1.807, 2.05) is 39.8 Å². The molecule has 0 radical (unpaired) electrons. The summed E-state index contributed by atoms with van der Waals surface area (Å²) in [6.45, 7) is 13.1. The van der Waals surface area contributed by atoms with Crippen molar-refractivity contribution in [1.29, 1.82) is 0 Å². The molecule has 2 amide bonds. The number of amides is 2. The fourth-order valence-electron chi connectivity index (χ4n) is 4.33. The van der Waals surface area contributed by atoms with Gasteiger partial charge in [-0.1, -0.05) is 11.6 Å². The van der Waals surface area contributed by atoms with Gasteiger partial charge in [0, 0.05) is 61.4 Å². The Kier molecular flexibility index (Phi) is 11.0. The van der Waals surface area contributed by atoms with Crippen LogP contribution in [0.3, 0.4) is 0 Å². The number of nitrogens with one attached hydrogen (secondary N) is 4. The minimum atomic E-state index is -0.360. The van der Waals surface area contributed by atoms with Crippen LogP contribution in [0.4, 0.5) is 11.6 Å². The molecule has 0 saturated carbocycles. The molecule has 216 valence electrons. The van der Waals surface area contributed by atoms with Crippen LogP contribution in [-0.2, 0) is 9.59 Å². The lowest BCUT2D eigenvalue weighted by atomic mass is 9.87. The summed E-state index contributed by atoms with van der Waals surface area (Å²) < 4.78 is 0. The van der Waals surface area contributed by atoms with Crippen LogP contribution in [0.1, 0.15) is 45.1 Å². The Morgan fingerprint density at radius 1 is 0.732 bits per heavy atom. The number of hydrogen-bond acceptors (Lipinski definition) is 7. The van der Waals surface area contributed by atoms with E-state index < -0.39 is 0 Å². The number of anilines is 2. The lowest BCUT2D eigenvalue weighted by Crippen LogP contribution is -2.28. The number of halogens is 1. The van der Waals surface area contributed by atoms with Gasteiger partial charge in [-0.2, -0.15) is 0 Å². The van der Waals surface area contributed by atoms with E-state index in [4.69, 9.17) is 11.6 Å². The first-order chi connectivity index (χ1) is 19.5. The van der Waals surface area contributed by atoms with Crippen molar-refractivity contribution < 1.29 is 14.4 Å². The minimum absolute atomic E-state index is 0.106. The van der Waals surface area contributed by atoms with Gasteiger partial charge in [-0.25, -0.2) is 9.97 Å². The zero-order valence-electron chi connectivity index (χ0n) is 24.4. The standard InChI is InChI=1S/C31H37ClN6O3/c1-18-19(2)21(4)30(22(5)20(18)3)26(40)11-12-29(41)36-16-15-35-28-17-27(34-14-13-33-23(6)39)37-31(38-28)24-7-9-25(32)10-8-24/h7-12,17H,13-16H2,1-6H3,(H,33,39)(H,36,41)(H2,34,35,37,38). The molecule has 0 aliphatic heterocycles. The van der Waals surface area contributed by atoms with Gasteiger partial charge < -0.3 is 21.3 Å². The van der Waals surface area contributed by atoms with Crippen molar-refractivity contribution >= 4 is 40.8 Å². The number of hydrogen-bond donors (Lipinski definition) is 4. The maximum atomic E-state index is 12.9. The Morgan fingerprint density at radius 3 is 1.78 bits per heavy atom. The summed E-state index contributed by atoms with van der Waals surface area (Å²) in [5.74, 6) is 0.977. The van der Waals surface area contributed by atoms with Crippen LogP contribution in [0.15, 0.2) is 42.5 Å². The van der Waals surface area contributed by atoms with E-state index in [-0.39, 0.29) is 17.6 Å². The van der Waals surface area contributed by atoms with Gasteiger partial charge in [-0.3, -0.25) is 14.4 Å². The number of benzene rings is 2. The Labute approximate surface area is 246 Å². The third kappa shape index (κ3) is 8.62. The quantitative estimate of drug-likeness (QED) is 0.138. The Hall–Kier alpha value is -4.24. The topological polar surface area (TPSA) is 125 Å². The first kappa shape index (κ1) is 31.3. The van der Waals surface area contributed by atoms with Crippen LogP contribution in [0.25, 0.3) is 11.4 Å². The highest BCUT2D eigenvalue weighted by Gasteiger charge is 2.16. The van der Waals surface area contributed by atoms with Crippen LogP contribution >= 0.6 is 11.6 Å². The molecule has 0 fully saturated rings. The third-order valence-electron chi connectivity index (χ3n) is 7.00. The molecule has 1 heterocycles. The molecule has 41 heavy (non-hydrogen) atoms. The van der Waals surface area contributed by atoms with Crippen molar-refractivity contribution in [1.82, 2.24) is 20.6 Å². The van der Waals surface area contributed by atoms with Crippen molar-refractivity contribution in [2.75, 3.05) is 36.8 Å². The van der Waals surface area contributed by atoms with Crippen molar-refractivity contribution in [2.24, 2.45) is 0 Å². The Balaban J connectivity index is 1.61. The molecule has 10 heteroatoms. The molecular formula is C31H37ClN6O3. The normalized spacial score (nSPS) is 10.9. The molecule has 0 spiro atoms. The van der Waals surface area contributed by atoms with Gasteiger partial charge in [-0.15, -0.1) is 0 Å². The number of nitrogens with zero attached hydrogens (tertiary/aromatic N) is 2. The Bertz CT molecular complexity index is 1440. The van der Waals surface area contributed by atoms with Crippen molar-refractivity contribution in [3.05, 3.63) is 80.9 Å².